The summed E-state index contributed by atoms with van der Waals surface area (Å²) in [6, 6.07) is 9.50. The molecule has 0 aliphatic carbocycles. The van der Waals surface area contributed by atoms with Crippen molar-refractivity contribution in [3.8, 4) is 11.5 Å². The van der Waals surface area contributed by atoms with Crippen molar-refractivity contribution in [3.63, 3.8) is 0 Å². The van der Waals surface area contributed by atoms with Crippen molar-refractivity contribution >= 4 is 15.9 Å². The molecule has 3 rings (SSSR count). The molecule has 1 unspecified atom stereocenters. The van der Waals surface area contributed by atoms with Crippen LogP contribution >= 0.6 is 15.9 Å². The molecule has 0 aromatic heterocycles. The maximum Gasteiger partial charge on any atom is 0.127 e. The fraction of sp³-hybridized carbons (Fsp3) is 0.294. The third kappa shape index (κ3) is 2.65. The van der Waals surface area contributed by atoms with E-state index < -0.39 is 6.10 Å². The number of aryl methyl sites for hydroxylation is 2. The van der Waals surface area contributed by atoms with Crippen LogP contribution in [-0.2, 0) is 0 Å². The lowest BCUT2D eigenvalue weighted by Gasteiger charge is -2.30. The van der Waals surface area contributed by atoms with Crippen LogP contribution in [0.1, 0.15) is 40.9 Å². The largest absolute Gasteiger partial charge is 0.507 e. The molecule has 1 aliphatic rings. The summed E-state index contributed by atoms with van der Waals surface area (Å²) in [5.74, 6) is 1.02. The van der Waals surface area contributed by atoms with Crippen LogP contribution in [0.5, 0.6) is 11.5 Å². The van der Waals surface area contributed by atoms with Crippen molar-refractivity contribution in [2.75, 3.05) is 0 Å². The maximum absolute atomic E-state index is 10.3. The minimum Gasteiger partial charge on any atom is -0.507 e. The molecule has 0 spiro atoms. The second-order valence-corrected chi connectivity index (χ2v) is 6.46. The van der Waals surface area contributed by atoms with Gasteiger partial charge in [-0.15, -0.1) is 0 Å². The number of benzene rings is 2. The van der Waals surface area contributed by atoms with E-state index in [9.17, 15) is 10.2 Å². The highest BCUT2D eigenvalue weighted by Crippen LogP contribution is 2.42. The number of aromatic hydroxyl groups is 1. The molecule has 2 N–H and O–H groups in total. The third-order valence-corrected chi connectivity index (χ3v) is 4.42. The second-order valence-electron chi connectivity index (χ2n) is 5.54. The second kappa shape index (κ2) is 5.35. The van der Waals surface area contributed by atoms with Crippen molar-refractivity contribution in [2.24, 2.45) is 0 Å². The van der Waals surface area contributed by atoms with Crippen molar-refractivity contribution in [1.82, 2.24) is 0 Å². The van der Waals surface area contributed by atoms with Crippen LogP contribution in [0.3, 0.4) is 0 Å². The van der Waals surface area contributed by atoms with Gasteiger partial charge >= 0.3 is 0 Å². The SMILES string of the molecule is Cc1cc(C2C[C@H](O)c3ccc(Br)cc3O2)cc(C)c1O. The summed E-state index contributed by atoms with van der Waals surface area (Å²) in [5, 5.41) is 20.2. The van der Waals surface area contributed by atoms with Crippen molar-refractivity contribution in [3.05, 3.63) is 57.1 Å². The number of fused-ring (bicyclic) bond motifs is 1. The first-order chi connectivity index (χ1) is 9.95. The zero-order valence-corrected chi connectivity index (χ0v) is 13.5. The average Bonchev–Trinajstić information content (AvgIpc) is 2.43. The van der Waals surface area contributed by atoms with Crippen molar-refractivity contribution in [1.29, 1.82) is 0 Å². The van der Waals surface area contributed by atoms with Crippen molar-refractivity contribution < 1.29 is 14.9 Å². The fourth-order valence-electron chi connectivity index (χ4n) is 2.80. The van der Waals surface area contributed by atoms with Gasteiger partial charge in [-0.05, 0) is 54.8 Å². The number of phenols is 1. The highest BCUT2D eigenvalue weighted by atomic mass is 79.9. The first kappa shape index (κ1) is 14.4. The standard InChI is InChI=1S/C17H17BrO3/c1-9-5-11(6-10(2)17(9)20)15-8-14(19)13-4-3-12(18)7-16(13)21-15/h3-7,14-15,19-20H,8H2,1-2H3/t14-,15?/m0/s1. The van der Waals surface area contributed by atoms with Gasteiger partial charge in [0.25, 0.3) is 0 Å². The summed E-state index contributed by atoms with van der Waals surface area (Å²) in [6.45, 7) is 3.74. The van der Waals surface area contributed by atoms with Gasteiger partial charge in [-0.3, -0.25) is 0 Å². The summed E-state index contributed by atoms with van der Waals surface area (Å²) in [4.78, 5) is 0. The van der Waals surface area contributed by atoms with E-state index in [0.717, 1.165) is 26.7 Å². The van der Waals surface area contributed by atoms with Gasteiger partial charge in [-0.2, -0.15) is 0 Å². The Labute approximate surface area is 132 Å². The summed E-state index contributed by atoms with van der Waals surface area (Å²) < 4.78 is 6.97. The summed E-state index contributed by atoms with van der Waals surface area (Å²) in [6.07, 6.45) is -0.237. The first-order valence-electron chi connectivity index (χ1n) is 6.90. The highest BCUT2D eigenvalue weighted by Gasteiger charge is 2.28. The zero-order valence-electron chi connectivity index (χ0n) is 11.9. The van der Waals surface area contributed by atoms with Crippen LogP contribution in [-0.4, -0.2) is 10.2 Å². The van der Waals surface area contributed by atoms with Gasteiger partial charge in [0.1, 0.15) is 17.6 Å². The molecule has 0 amide bonds. The highest BCUT2D eigenvalue weighted by molar-refractivity contribution is 9.10. The Hall–Kier alpha value is -1.52. The van der Waals surface area contributed by atoms with E-state index in [1.807, 2.05) is 44.2 Å². The third-order valence-electron chi connectivity index (χ3n) is 3.93. The predicted molar refractivity (Wildman–Crippen MR) is 84.7 cm³/mol. The topological polar surface area (TPSA) is 49.7 Å². The zero-order chi connectivity index (χ0) is 15.1. The van der Waals surface area contributed by atoms with E-state index in [1.54, 1.807) is 0 Å². The molecule has 0 saturated heterocycles. The lowest BCUT2D eigenvalue weighted by atomic mass is 9.93. The Kier molecular flexibility index (Phi) is 3.68. The number of aliphatic hydroxyl groups is 1. The van der Waals surface area contributed by atoms with Gasteiger partial charge < -0.3 is 14.9 Å². The lowest BCUT2D eigenvalue weighted by Crippen LogP contribution is -2.19. The minimum atomic E-state index is -0.540. The molecule has 0 saturated carbocycles. The summed E-state index contributed by atoms with van der Waals surface area (Å²) in [5.41, 5.74) is 3.44. The van der Waals surface area contributed by atoms with Gasteiger partial charge in [0.2, 0.25) is 0 Å². The maximum atomic E-state index is 10.3. The van der Waals surface area contributed by atoms with Crippen LogP contribution in [0, 0.1) is 13.8 Å². The normalized spacial score (nSPS) is 20.8. The van der Waals surface area contributed by atoms with E-state index in [2.05, 4.69) is 15.9 Å². The summed E-state index contributed by atoms with van der Waals surface area (Å²) in [7, 11) is 0. The quantitative estimate of drug-likeness (QED) is 0.806. The molecule has 1 aliphatic heterocycles. The molecular weight excluding hydrogens is 332 g/mol. The van der Waals surface area contributed by atoms with Crippen LogP contribution in [0.15, 0.2) is 34.8 Å². The molecule has 2 aromatic carbocycles. The van der Waals surface area contributed by atoms with E-state index >= 15 is 0 Å². The van der Waals surface area contributed by atoms with Crippen LogP contribution in [0.25, 0.3) is 0 Å². The number of aliphatic hydroxyl groups excluding tert-OH is 1. The average molecular weight is 349 g/mol. The minimum absolute atomic E-state index is 0.209. The number of ether oxygens (including phenoxy) is 1. The van der Waals surface area contributed by atoms with Gasteiger partial charge in [0, 0.05) is 16.5 Å². The molecule has 0 bridgehead atoms. The molecular formula is C17H17BrO3. The van der Waals surface area contributed by atoms with Gasteiger partial charge in [-0.25, -0.2) is 0 Å². The van der Waals surface area contributed by atoms with Crippen molar-refractivity contribution in [2.45, 2.75) is 32.5 Å². The Bertz CT molecular complexity index is 673. The van der Waals surface area contributed by atoms with E-state index in [0.29, 0.717) is 17.9 Å². The van der Waals surface area contributed by atoms with Gasteiger partial charge in [0.05, 0.1) is 6.10 Å². The van der Waals surface area contributed by atoms with E-state index in [-0.39, 0.29) is 6.10 Å². The summed E-state index contributed by atoms with van der Waals surface area (Å²) >= 11 is 3.42. The number of phenolic OH excluding ortho intramolecular Hbond substituents is 1. The van der Waals surface area contributed by atoms with E-state index in [1.165, 1.54) is 0 Å². The molecule has 0 radical (unpaired) electrons. The predicted octanol–water partition coefficient (Wildman–Crippen LogP) is 4.33. The molecule has 21 heavy (non-hydrogen) atoms. The van der Waals surface area contributed by atoms with Crippen LogP contribution in [0.4, 0.5) is 0 Å². The Balaban J connectivity index is 1.99. The van der Waals surface area contributed by atoms with E-state index in [4.69, 9.17) is 4.74 Å². The first-order valence-corrected chi connectivity index (χ1v) is 7.69. The fourth-order valence-corrected chi connectivity index (χ4v) is 3.14. The van der Waals surface area contributed by atoms with Gasteiger partial charge in [-0.1, -0.05) is 22.0 Å². The molecule has 110 valence electrons. The number of hydrogen-bond acceptors (Lipinski definition) is 3. The smallest absolute Gasteiger partial charge is 0.127 e. The van der Waals surface area contributed by atoms with Crippen LogP contribution in [0.2, 0.25) is 0 Å². The molecule has 2 aromatic rings. The number of rotatable bonds is 1. The molecule has 1 heterocycles. The molecule has 2 atom stereocenters. The molecule has 0 fully saturated rings. The van der Waals surface area contributed by atoms with Crippen LogP contribution < -0.4 is 4.74 Å². The molecule has 4 heteroatoms. The molecule has 3 nitrogen and oxygen atoms in total. The number of hydrogen-bond donors (Lipinski definition) is 2. The van der Waals surface area contributed by atoms with Gasteiger partial charge in [0.15, 0.2) is 0 Å². The Morgan fingerprint density at radius 3 is 2.48 bits per heavy atom. The lowest BCUT2D eigenvalue weighted by molar-refractivity contribution is 0.0656. The number of halogens is 1. The monoisotopic (exact) mass is 348 g/mol. The Morgan fingerprint density at radius 2 is 1.81 bits per heavy atom. The Morgan fingerprint density at radius 1 is 1.14 bits per heavy atom.